The molecule has 1 N–H and O–H groups in total. The van der Waals surface area contributed by atoms with E-state index in [1.54, 1.807) is 0 Å². The second-order valence-electron chi connectivity index (χ2n) is 8.13. The largest absolute Gasteiger partial charge is 0.455 e. The fourth-order valence-electron chi connectivity index (χ4n) is 5.07. The van der Waals surface area contributed by atoms with Crippen LogP contribution in [0.25, 0.3) is 0 Å². The highest BCUT2D eigenvalue weighted by atomic mass is 16.4. The third kappa shape index (κ3) is 2.67. The van der Waals surface area contributed by atoms with Crippen LogP contribution in [-0.2, 0) is 18.4 Å². The van der Waals surface area contributed by atoms with Crippen LogP contribution in [0.3, 0.4) is 0 Å². The van der Waals surface area contributed by atoms with Crippen LogP contribution in [0, 0.1) is 0 Å². The molecular formula is C20H26N4O2. The number of aryl methyl sites for hydroxylation is 1. The summed E-state index contributed by atoms with van der Waals surface area (Å²) in [6, 6.07) is 3.82. The molecule has 1 aliphatic carbocycles. The molecule has 0 aromatic carbocycles. The Bertz CT molecular complexity index is 804. The molecule has 6 heteroatoms. The summed E-state index contributed by atoms with van der Waals surface area (Å²) in [4.78, 5) is 17.4. The van der Waals surface area contributed by atoms with Crippen molar-refractivity contribution in [2.45, 2.75) is 50.5 Å². The summed E-state index contributed by atoms with van der Waals surface area (Å²) in [5, 5.41) is 7.43. The van der Waals surface area contributed by atoms with Gasteiger partial charge in [0.25, 0.3) is 5.91 Å². The number of carbonyl (C=O) groups excluding carboxylic acids is 1. The van der Waals surface area contributed by atoms with E-state index in [4.69, 9.17) is 4.42 Å². The van der Waals surface area contributed by atoms with Gasteiger partial charge in [0.2, 0.25) is 0 Å². The van der Waals surface area contributed by atoms with E-state index in [1.165, 1.54) is 24.1 Å². The standard InChI is InChI=1S/C20H26N4O2/c25-19(17-5-4-16(26-17)13-23-9-1-2-10-23)24-11-3-7-20(14-24)8-6-15-12-21-22-18(15)20/h4-5,12H,1-3,6-11,13-14H2,(H,21,22). The highest BCUT2D eigenvalue weighted by Crippen LogP contribution is 2.44. The lowest BCUT2D eigenvalue weighted by molar-refractivity contribution is 0.0598. The second-order valence-corrected chi connectivity index (χ2v) is 8.13. The van der Waals surface area contributed by atoms with Gasteiger partial charge in [-0.15, -0.1) is 0 Å². The van der Waals surface area contributed by atoms with Crippen molar-refractivity contribution in [3.8, 4) is 0 Å². The first-order valence-electron chi connectivity index (χ1n) is 9.87. The van der Waals surface area contributed by atoms with E-state index in [1.807, 2.05) is 23.2 Å². The van der Waals surface area contributed by atoms with Crippen molar-refractivity contribution in [1.29, 1.82) is 0 Å². The van der Waals surface area contributed by atoms with Gasteiger partial charge in [0.1, 0.15) is 5.76 Å². The summed E-state index contributed by atoms with van der Waals surface area (Å²) >= 11 is 0. The zero-order chi connectivity index (χ0) is 17.6. The number of hydrogen-bond acceptors (Lipinski definition) is 4. The van der Waals surface area contributed by atoms with Crippen molar-refractivity contribution in [1.82, 2.24) is 20.0 Å². The first kappa shape index (κ1) is 16.1. The molecule has 1 unspecified atom stereocenters. The number of aromatic nitrogens is 2. The Morgan fingerprint density at radius 1 is 1.19 bits per heavy atom. The molecule has 6 nitrogen and oxygen atoms in total. The molecule has 138 valence electrons. The molecule has 4 heterocycles. The van der Waals surface area contributed by atoms with Gasteiger partial charge in [-0.3, -0.25) is 14.8 Å². The van der Waals surface area contributed by atoms with Crippen molar-refractivity contribution in [3.05, 3.63) is 41.1 Å². The SMILES string of the molecule is O=C(c1ccc(CN2CCCC2)o1)N1CCCC2(CCc3cn[nH]c32)C1. The van der Waals surface area contributed by atoms with Gasteiger partial charge in [-0.2, -0.15) is 5.10 Å². The number of amides is 1. The number of H-pyrrole nitrogens is 1. The van der Waals surface area contributed by atoms with E-state index in [9.17, 15) is 4.79 Å². The van der Waals surface area contributed by atoms with Crippen molar-refractivity contribution in [3.63, 3.8) is 0 Å². The number of aromatic amines is 1. The quantitative estimate of drug-likeness (QED) is 0.920. The van der Waals surface area contributed by atoms with Gasteiger partial charge in [-0.1, -0.05) is 0 Å². The first-order valence-corrected chi connectivity index (χ1v) is 9.87. The van der Waals surface area contributed by atoms with Gasteiger partial charge < -0.3 is 9.32 Å². The molecule has 5 rings (SSSR count). The maximum Gasteiger partial charge on any atom is 0.289 e. The molecule has 2 aliphatic heterocycles. The van der Waals surface area contributed by atoms with Crippen LogP contribution < -0.4 is 0 Å². The summed E-state index contributed by atoms with van der Waals surface area (Å²) in [7, 11) is 0. The summed E-state index contributed by atoms with van der Waals surface area (Å²) in [5.41, 5.74) is 2.64. The Labute approximate surface area is 153 Å². The van der Waals surface area contributed by atoms with Gasteiger partial charge in [0.05, 0.1) is 12.7 Å². The van der Waals surface area contributed by atoms with Crippen LogP contribution in [0.5, 0.6) is 0 Å². The Hall–Kier alpha value is -2.08. The van der Waals surface area contributed by atoms with Crippen molar-refractivity contribution in [2.75, 3.05) is 26.2 Å². The number of likely N-dealkylation sites (tertiary alicyclic amines) is 2. The van der Waals surface area contributed by atoms with E-state index < -0.39 is 0 Å². The number of rotatable bonds is 3. The molecule has 0 bridgehead atoms. The van der Waals surface area contributed by atoms with E-state index in [-0.39, 0.29) is 11.3 Å². The Morgan fingerprint density at radius 3 is 2.96 bits per heavy atom. The molecule has 0 saturated carbocycles. The maximum absolute atomic E-state index is 13.0. The molecule has 1 atom stereocenters. The normalized spacial score (nSPS) is 25.9. The first-order chi connectivity index (χ1) is 12.7. The monoisotopic (exact) mass is 354 g/mol. The van der Waals surface area contributed by atoms with E-state index in [0.29, 0.717) is 5.76 Å². The van der Waals surface area contributed by atoms with Crippen LogP contribution in [0.15, 0.2) is 22.7 Å². The number of hydrogen-bond donors (Lipinski definition) is 1. The zero-order valence-electron chi connectivity index (χ0n) is 15.2. The van der Waals surface area contributed by atoms with Gasteiger partial charge >= 0.3 is 0 Å². The second kappa shape index (κ2) is 6.27. The molecule has 1 spiro atoms. The third-order valence-corrected chi connectivity index (χ3v) is 6.44. The van der Waals surface area contributed by atoms with Gasteiger partial charge in [-0.05, 0) is 69.3 Å². The smallest absolute Gasteiger partial charge is 0.289 e. The van der Waals surface area contributed by atoms with Crippen LogP contribution in [0.1, 0.15) is 59.7 Å². The van der Waals surface area contributed by atoms with Crippen molar-refractivity contribution in [2.24, 2.45) is 0 Å². The number of fused-ring (bicyclic) bond motifs is 2. The summed E-state index contributed by atoms with van der Waals surface area (Å²) in [6.07, 6.45) is 8.81. The summed E-state index contributed by atoms with van der Waals surface area (Å²) < 4.78 is 5.91. The van der Waals surface area contributed by atoms with E-state index in [0.717, 1.165) is 64.2 Å². The predicted octanol–water partition coefficient (Wildman–Crippen LogP) is 2.72. The van der Waals surface area contributed by atoms with E-state index >= 15 is 0 Å². The van der Waals surface area contributed by atoms with Crippen LogP contribution in [-0.4, -0.2) is 52.1 Å². The lowest BCUT2D eigenvalue weighted by Crippen LogP contribution is -2.47. The fourth-order valence-corrected chi connectivity index (χ4v) is 5.07. The minimum Gasteiger partial charge on any atom is -0.455 e. The van der Waals surface area contributed by atoms with Gasteiger partial charge in [0.15, 0.2) is 5.76 Å². The van der Waals surface area contributed by atoms with E-state index in [2.05, 4.69) is 15.1 Å². The number of nitrogens with one attached hydrogen (secondary N) is 1. The van der Waals surface area contributed by atoms with Crippen LogP contribution in [0.2, 0.25) is 0 Å². The van der Waals surface area contributed by atoms with Crippen LogP contribution in [0.4, 0.5) is 0 Å². The van der Waals surface area contributed by atoms with Gasteiger partial charge in [-0.25, -0.2) is 0 Å². The Kier molecular flexibility index (Phi) is 3.89. The van der Waals surface area contributed by atoms with Crippen molar-refractivity contribution < 1.29 is 9.21 Å². The highest BCUT2D eigenvalue weighted by Gasteiger charge is 2.44. The topological polar surface area (TPSA) is 65.4 Å². The molecule has 0 radical (unpaired) electrons. The predicted molar refractivity (Wildman–Crippen MR) is 96.9 cm³/mol. The zero-order valence-corrected chi connectivity index (χ0v) is 15.2. The van der Waals surface area contributed by atoms with Crippen molar-refractivity contribution >= 4 is 5.91 Å². The summed E-state index contributed by atoms with van der Waals surface area (Å²) in [6.45, 7) is 4.65. The lowest BCUT2D eigenvalue weighted by atomic mass is 9.77. The van der Waals surface area contributed by atoms with Gasteiger partial charge in [0, 0.05) is 24.2 Å². The number of furan rings is 1. The molecule has 2 aromatic rings. The fraction of sp³-hybridized carbons (Fsp3) is 0.600. The minimum absolute atomic E-state index is 0.0321. The summed E-state index contributed by atoms with van der Waals surface area (Å²) in [5.74, 6) is 1.42. The lowest BCUT2D eigenvalue weighted by Gasteiger charge is -2.40. The average molecular weight is 354 g/mol. The molecule has 3 aliphatic rings. The number of carbonyl (C=O) groups is 1. The Morgan fingerprint density at radius 2 is 2.08 bits per heavy atom. The molecule has 26 heavy (non-hydrogen) atoms. The number of piperidine rings is 1. The molecule has 2 saturated heterocycles. The molecule has 2 aromatic heterocycles. The minimum atomic E-state index is 0.0321. The maximum atomic E-state index is 13.0. The molecule has 1 amide bonds. The molecule has 2 fully saturated rings. The number of nitrogens with zero attached hydrogens (tertiary/aromatic N) is 3. The highest BCUT2D eigenvalue weighted by molar-refractivity contribution is 5.91. The Balaban J connectivity index is 1.30. The third-order valence-electron chi connectivity index (χ3n) is 6.44. The van der Waals surface area contributed by atoms with Crippen LogP contribution >= 0.6 is 0 Å². The average Bonchev–Trinajstić information content (AvgIpc) is 3.43. The molecular weight excluding hydrogens is 328 g/mol.